The highest BCUT2D eigenvalue weighted by Gasteiger charge is 2.14. The van der Waals surface area contributed by atoms with Crippen LogP contribution in [0.5, 0.6) is 0 Å². The zero-order chi connectivity index (χ0) is 12.3. The predicted molar refractivity (Wildman–Crippen MR) is 55.6 cm³/mol. The van der Waals surface area contributed by atoms with E-state index in [0.717, 1.165) is 0 Å². The molecule has 0 radical (unpaired) electrons. The summed E-state index contributed by atoms with van der Waals surface area (Å²) in [7, 11) is 1.62. The van der Waals surface area contributed by atoms with E-state index < -0.39 is 11.9 Å². The second kappa shape index (κ2) is 4.56. The van der Waals surface area contributed by atoms with E-state index >= 15 is 0 Å². The fraction of sp³-hybridized carbons (Fsp3) is 0.333. The van der Waals surface area contributed by atoms with Crippen LogP contribution >= 0.6 is 0 Å². The van der Waals surface area contributed by atoms with Gasteiger partial charge < -0.3 is 5.11 Å². The van der Waals surface area contributed by atoms with Gasteiger partial charge in [-0.05, 0) is 13.8 Å². The monoisotopic (exact) mass is 224 g/mol. The molecule has 0 aliphatic carbocycles. The first-order chi connectivity index (χ1) is 7.43. The van der Waals surface area contributed by atoms with Crippen molar-refractivity contribution in [3.05, 3.63) is 17.5 Å². The Kier molecular flexibility index (Phi) is 3.39. The van der Waals surface area contributed by atoms with E-state index in [1.807, 2.05) is 0 Å². The molecule has 86 valence electrons. The largest absolute Gasteiger partial charge is 0.478 e. The summed E-state index contributed by atoms with van der Waals surface area (Å²) in [5.74, 6) is -1.36. The van der Waals surface area contributed by atoms with Crippen LogP contribution in [-0.2, 0) is 16.6 Å². The highest BCUT2D eigenvalue weighted by molar-refractivity contribution is 6.07. The van der Waals surface area contributed by atoms with E-state index in [-0.39, 0.29) is 17.1 Å². The summed E-state index contributed by atoms with van der Waals surface area (Å²) < 4.78 is 1.38. The number of aliphatic carboxylic acids is 1. The molecule has 0 bridgehead atoms. The van der Waals surface area contributed by atoms with Crippen LogP contribution in [0.2, 0.25) is 0 Å². The maximum atomic E-state index is 11.6. The van der Waals surface area contributed by atoms with Crippen molar-refractivity contribution >= 4 is 17.8 Å². The maximum absolute atomic E-state index is 11.6. The number of nitrogens with zero attached hydrogens (tertiary/aromatic N) is 3. The quantitative estimate of drug-likeness (QED) is 0.713. The molecule has 1 rings (SSSR count). The number of carboxylic acids is 1. The maximum Gasteiger partial charge on any atom is 0.331 e. The fourth-order valence-electron chi connectivity index (χ4n) is 0.935. The van der Waals surface area contributed by atoms with Gasteiger partial charge in [-0.3, -0.25) is 10.1 Å². The zero-order valence-electron chi connectivity index (χ0n) is 9.18. The number of rotatable bonds is 3. The van der Waals surface area contributed by atoms with E-state index in [1.54, 1.807) is 7.05 Å². The lowest BCUT2D eigenvalue weighted by Gasteiger charge is -2.05. The Morgan fingerprint density at radius 2 is 2.00 bits per heavy atom. The highest BCUT2D eigenvalue weighted by atomic mass is 16.4. The third-order valence-corrected chi connectivity index (χ3v) is 2.16. The molecule has 1 aromatic heterocycles. The summed E-state index contributed by atoms with van der Waals surface area (Å²) >= 11 is 0. The Bertz CT molecular complexity index is 461. The van der Waals surface area contributed by atoms with E-state index in [0.29, 0.717) is 0 Å². The summed E-state index contributed by atoms with van der Waals surface area (Å²) in [4.78, 5) is 26.0. The second-order valence-electron chi connectivity index (χ2n) is 3.22. The Morgan fingerprint density at radius 3 is 2.44 bits per heavy atom. The molecule has 0 unspecified atom stereocenters. The molecule has 7 nitrogen and oxygen atoms in total. The molecule has 0 atom stereocenters. The van der Waals surface area contributed by atoms with Crippen LogP contribution in [0.4, 0.5) is 5.95 Å². The van der Waals surface area contributed by atoms with Crippen molar-refractivity contribution in [2.75, 3.05) is 5.32 Å². The highest BCUT2D eigenvalue weighted by Crippen LogP contribution is 2.07. The van der Waals surface area contributed by atoms with Crippen molar-refractivity contribution in [1.29, 1.82) is 0 Å². The summed E-state index contributed by atoms with van der Waals surface area (Å²) in [6, 6.07) is 0. The summed E-state index contributed by atoms with van der Waals surface area (Å²) in [6.07, 6.45) is 1.29. The lowest BCUT2D eigenvalue weighted by Crippen LogP contribution is -2.18. The van der Waals surface area contributed by atoms with Gasteiger partial charge in [0.25, 0.3) is 5.91 Å². The molecule has 2 N–H and O–H groups in total. The average Bonchev–Trinajstić information content (AvgIpc) is 2.62. The SMILES string of the molecule is CC(C(=O)O)=C(C)C(=O)Nc1ncnn1C. The van der Waals surface area contributed by atoms with Gasteiger partial charge in [0.2, 0.25) is 5.95 Å². The van der Waals surface area contributed by atoms with Gasteiger partial charge in [0.15, 0.2) is 0 Å². The molecule has 0 saturated carbocycles. The first kappa shape index (κ1) is 11.9. The number of carboxylic acid groups (broad SMARTS) is 1. The molecule has 16 heavy (non-hydrogen) atoms. The third kappa shape index (κ3) is 2.44. The number of anilines is 1. The number of carbonyl (C=O) groups excluding carboxylic acids is 1. The molecule has 0 aromatic carbocycles. The molecule has 0 aliphatic heterocycles. The summed E-state index contributed by atoms with van der Waals surface area (Å²) in [5.41, 5.74) is 0.134. The standard InChI is InChI=1S/C9H12N4O3/c1-5(6(2)8(15)16)7(14)12-9-10-4-11-13(9)3/h4H,1-3H3,(H,15,16)(H,10,11,12,14). The molecule has 0 aliphatic rings. The van der Waals surface area contributed by atoms with Gasteiger partial charge >= 0.3 is 5.97 Å². The lowest BCUT2D eigenvalue weighted by atomic mass is 10.1. The van der Waals surface area contributed by atoms with Gasteiger partial charge in [0, 0.05) is 18.2 Å². The fourth-order valence-corrected chi connectivity index (χ4v) is 0.935. The molecule has 0 fully saturated rings. The number of hydrogen-bond acceptors (Lipinski definition) is 4. The van der Waals surface area contributed by atoms with Gasteiger partial charge in [-0.2, -0.15) is 10.1 Å². The van der Waals surface area contributed by atoms with Crippen molar-refractivity contribution < 1.29 is 14.7 Å². The number of aryl methyl sites for hydroxylation is 1. The zero-order valence-corrected chi connectivity index (χ0v) is 9.18. The molecule has 1 heterocycles. The number of carbonyl (C=O) groups is 2. The van der Waals surface area contributed by atoms with Gasteiger partial charge in [-0.15, -0.1) is 0 Å². The first-order valence-electron chi connectivity index (χ1n) is 4.49. The predicted octanol–water partition coefficient (Wildman–Crippen LogP) is 0.175. The minimum atomic E-state index is -1.12. The van der Waals surface area contributed by atoms with Crippen LogP contribution in [0.15, 0.2) is 17.5 Å². The van der Waals surface area contributed by atoms with E-state index in [4.69, 9.17) is 5.11 Å². The number of aromatic nitrogens is 3. The van der Waals surface area contributed by atoms with Crippen molar-refractivity contribution in [2.45, 2.75) is 13.8 Å². The number of amides is 1. The summed E-state index contributed by atoms with van der Waals surface area (Å²) in [6.45, 7) is 2.81. The Hall–Kier alpha value is -2.18. The topological polar surface area (TPSA) is 97.1 Å². The van der Waals surface area contributed by atoms with E-state index in [1.165, 1.54) is 24.9 Å². The van der Waals surface area contributed by atoms with Crippen molar-refractivity contribution in [3.63, 3.8) is 0 Å². The van der Waals surface area contributed by atoms with Gasteiger partial charge in [-0.25, -0.2) is 9.48 Å². The van der Waals surface area contributed by atoms with Crippen LogP contribution in [0.3, 0.4) is 0 Å². The molecule has 7 heteroatoms. The first-order valence-corrected chi connectivity index (χ1v) is 4.49. The third-order valence-electron chi connectivity index (χ3n) is 2.16. The number of nitrogens with one attached hydrogen (secondary N) is 1. The lowest BCUT2D eigenvalue weighted by molar-refractivity contribution is -0.133. The Morgan fingerprint density at radius 1 is 1.38 bits per heavy atom. The minimum absolute atomic E-state index is 0.000307. The molecule has 0 spiro atoms. The van der Waals surface area contributed by atoms with Crippen LogP contribution in [0.1, 0.15) is 13.8 Å². The van der Waals surface area contributed by atoms with Crippen molar-refractivity contribution in [3.8, 4) is 0 Å². The van der Waals surface area contributed by atoms with Crippen LogP contribution < -0.4 is 5.32 Å². The van der Waals surface area contributed by atoms with Crippen LogP contribution in [0.25, 0.3) is 0 Å². The summed E-state index contributed by atoms with van der Waals surface area (Å²) in [5, 5.41) is 14.9. The molecular weight excluding hydrogens is 212 g/mol. The molecular formula is C9H12N4O3. The van der Waals surface area contributed by atoms with Crippen LogP contribution in [0, 0.1) is 0 Å². The minimum Gasteiger partial charge on any atom is -0.478 e. The van der Waals surface area contributed by atoms with E-state index in [2.05, 4.69) is 15.4 Å². The molecule has 0 saturated heterocycles. The second-order valence-corrected chi connectivity index (χ2v) is 3.22. The van der Waals surface area contributed by atoms with Crippen LogP contribution in [-0.4, -0.2) is 31.7 Å². The van der Waals surface area contributed by atoms with Crippen molar-refractivity contribution in [1.82, 2.24) is 14.8 Å². The van der Waals surface area contributed by atoms with Gasteiger partial charge in [-0.1, -0.05) is 0 Å². The Balaban J connectivity index is 2.85. The average molecular weight is 224 g/mol. The smallest absolute Gasteiger partial charge is 0.331 e. The van der Waals surface area contributed by atoms with Gasteiger partial charge in [0.1, 0.15) is 6.33 Å². The molecule has 1 aromatic rings. The normalized spacial score (nSPS) is 11.9. The van der Waals surface area contributed by atoms with E-state index in [9.17, 15) is 9.59 Å². The number of hydrogen-bond donors (Lipinski definition) is 2. The van der Waals surface area contributed by atoms with Crippen molar-refractivity contribution in [2.24, 2.45) is 7.05 Å². The molecule has 1 amide bonds. The van der Waals surface area contributed by atoms with Gasteiger partial charge in [0.05, 0.1) is 0 Å². The Labute approximate surface area is 91.8 Å².